The molecule has 0 unspecified atom stereocenters. The summed E-state index contributed by atoms with van der Waals surface area (Å²) in [7, 11) is 1.70. The van der Waals surface area contributed by atoms with Gasteiger partial charge in [-0.2, -0.15) is 0 Å². The number of nitrogens with two attached hydrogens (primary N) is 1. The van der Waals surface area contributed by atoms with Gasteiger partial charge in [-0.25, -0.2) is 10.8 Å². The van der Waals surface area contributed by atoms with Crippen LogP contribution in [-0.4, -0.2) is 22.9 Å². The van der Waals surface area contributed by atoms with E-state index < -0.39 is 0 Å². The van der Waals surface area contributed by atoms with Crippen LogP contribution in [0.4, 0.5) is 11.5 Å². The lowest BCUT2D eigenvalue weighted by Crippen LogP contribution is -2.26. The van der Waals surface area contributed by atoms with Gasteiger partial charge in [0, 0.05) is 31.3 Å². The van der Waals surface area contributed by atoms with Crippen LogP contribution in [-0.2, 0) is 0 Å². The maximum Gasteiger partial charge on any atom is 0.259 e. The summed E-state index contributed by atoms with van der Waals surface area (Å²) in [5, 5.41) is 0. The highest BCUT2D eigenvalue weighted by Gasteiger charge is 2.13. The minimum Gasteiger partial charge on any atom is -0.311 e. The van der Waals surface area contributed by atoms with E-state index in [-0.39, 0.29) is 5.91 Å². The van der Waals surface area contributed by atoms with Crippen molar-refractivity contribution in [3.05, 3.63) is 48.4 Å². The molecule has 2 aromatic heterocycles. The quantitative estimate of drug-likeness (QED) is 0.621. The second-order valence-corrected chi connectivity index (χ2v) is 3.65. The minimum absolute atomic E-state index is 0.141. The van der Waals surface area contributed by atoms with Crippen LogP contribution in [0.15, 0.2) is 42.9 Å². The molecule has 0 aromatic carbocycles. The Morgan fingerprint density at radius 2 is 2.00 bits per heavy atom. The summed E-state index contributed by atoms with van der Waals surface area (Å²) < 4.78 is 0. The molecule has 6 heteroatoms. The van der Waals surface area contributed by atoms with Crippen LogP contribution in [0.2, 0.25) is 0 Å². The van der Waals surface area contributed by atoms with Gasteiger partial charge in [0.2, 0.25) is 0 Å². The molecule has 0 aliphatic rings. The number of aromatic nitrogens is 2. The van der Waals surface area contributed by atoms with Crippen LogP contribution in [0.1, 0.15) is 10.4 Å². The molecule has 0 saturated heterocycles. The molecule has 18 heavy (non-hydrogen) atoms. The zero-order valence-electron chi connectivity index (χ0n) is 9.87. The molecular weight excluding hydrogens is 230 g/mol. The van der Waals surface area contributed by atoms with E-state index in [0.717, 1.165) is 5.69 Å². The number of anilines is 2. The van der Waals surface area contributed by atoms with Crippen molar-refractivity contribution in [1.82, 2.24) is 9.97 Å². The Balaban J connectivity index is 2.20. The first kappa shape index (κ1) is 12.0. The zero-order chi connectivity index (χ0) is 13.0. The first-order chi connectivity index (χ1) is 8.72. The van der Waals surface area contributed by atoms with Crippen LogP contribution in [0.3, 0.4) is 0 Å². The van der Waals surface area contributed by atoms with Crippen molar-refractivity contribution < 1.29 is 4.79 Å². The van der Waals surface area contributed by atoms with E-state index in [0.29, 0.717) is 11.4 Å². The minimum atomic E-state index is -0.141. The van der Waals surface area contributed by atoms with Crippen LogP contribution < -0.4 is 16.2 Å². The van der Waals surface area contributed by atoms with Crippen molar-refractivity contribution in [1.29, 1.82) is 0 Å². The number of nitrogens with zero attached hydrogens (tertiary/aromatic N) is 3. The highest BCUT2D eigenvalue weighted by atomic mass is 16.2. The lowest BCUT2D eigenvalue weighted by Gasteiger charge is -2.16. The van der Waals surface area contributed by atoms with Gasteiger partial charge in [-0.3, -0.25) is 9.78 Å². The van der Waals surface area contributed by atoms with Crippen molar-refractivity contribution in [2.75, 3.05) is 17.4 Å². The normalized spacial score (nSPS) is 9.89. The van der Waals surface area contributed by atoms with E-state index in [1.807, 2.05) is 0 Å². The van der Waals surface area contributed by atoms with E-state index in [1.165, 1.54) is 11.1 Å². The first-order valence-corrected chi connectivity index (χ1v) is 5.33. The standard InChI is InChI=1S/C12H13N5O/c1-17(10-4-6-14-7-5-10)12(18)9-2-3-11(16-13)15-8-9/h2-8H,13H2,1H3,(H,15,16). The smallest absolute Gasteiger partial charge is 0.259 e. The Kier molecular flexibility index (Phi) is 3.49. The van der Waals surface area contributed by atoms with Gasteiger partial charge in [0.15, 0.2) is 0 Å². The fraction of sp³-hybridized carbons (Fsp3) is 0.0833. The topological polar surface area (TPSA) is 84.1 Å². The lowest BCUT2D eigenvalue weighted by molar-refractivity contribution is 0.0992. The summed E-state index contributed by atoms with van der Waals surface area (Å²) in [6.45, 7) is 0. The SMILES string of the molecule is CN(C(=O)c1ccc(NN)nc1)c1ccncc1. The Hall–Kier alpha value is -2.47. The molecule has 0 fully saturated rings. The van der Waals surface area contributed by atoms with Gasteiger partial charge >= 0.3 is 0 Å². The average molecular weight is 243 g/mol. The fourth-order valence-electron chi connectivity index (χ4n) is 1.48. The molecule has 1 amide bonds. The Bertz CT molecular complexity index is 526. The molecule has 0 aliphatic carbocycles. The van der Waals surface area contributed by atoms with E-state index in [1.54, 1.807) is 43.7 Å². The third kappa shape index (κ3) is 2.44. The highest BCUT2D eigenvalue weighted by molar-refractivity contribution is 6.05. The van der Waals surface area contributed by atoms with Gasteiger partial charge in [0.1, 0.15) is 5.82 Å². The largest absolute Gasteiger partial charge is 0.311 e. The number of hydrogen-bond donors (Lipinski definition) is 2. The van der Waals surface area contributed by atoms with E-state index >= 15 is 0 Å². The first-order valence-electron chi connectivity index (χ1n) is 5.33. The average Bonchev–Trinajstić information content (AvgIpc) is 2.47. The third-order valence-electron chi connectivity index (χ3n) is 2.51. The molecule has 2 heterocycles. The van der Waals surface area contributed by atoms with Crippen molar-refractivity contribution >= 4 is 17.4 Å². The molecule has 0 atom stereocenters. The molecule has 0 aliphatic heterocycles. The predicted molar refractivity (Wildman–Crippen MR) is 69.0 cm³/mol. The highest BCUT2D eigenvalue weighted by Crippen LogP contribution is 2.14. The number of nitrogens with one attached hydrogen (secondary N) is 1. The van der Waals surface area contributed by atoms with Crippen LogP contribution in [0.5, 0.6) is 0 Å². The number of pyridine rings is 2. The van der Waals surface area contributed by atoms with E-state index in [4.69, 9.17) is 5.84 Å². The molecule has 0 spiro atoms. The number of nitrogen functional groups attached to an aromatic ring is 1. The van der Waals surface area contributed by atoms with Crippen molar-refractivity contribution in [2.24, 2.45) is 5.84 Å². The Morgan fingerprint density at radius 3 is 2.56 bits per heavy atom. The van der Waals surface area contributed by atoms with Crippen LogP contribution in [0.25, 0.3) is 0 Å². The number of hydrogen-bond acceptors (Lipinski definition) is 5. The fourth-order valence-corrected chi connectivity index (χ4v) is 1.48. The van der Waals surface area contributed by atoms with Crippen LogP contribution in [0, 0.1) is 0 Å². The molecule has 92 valence electrons. The van der Waals surface area contributed by atoms with Crippen molar-refractivity contribution in [3.8, 4) is 0 Å². The summed E-state index contributed by atoms with van der Waals surface area (Å²) in [5.41, 5.74) is 3.68. The molecule has 0 bridgehead atoms. The van der Waals surface area contributed by atoms with Gasteiger partial charge < -0.3 is 10.3 Å². The van der Waals surface area contributed by atoms with Crippen molar-refractivity contribution in [2.45, 2.75) is 0 Å². The second-order valence-electron chi connectivity index (χ2n) is 3.65. The summed E-state index contributed by atoms with van der Waals surface area (Å²) in [5.74, 6) is 5.58. The number of amides is 1. The molecule has 2 rings (SSSR count). The van der Waals surface area contributed by atoms with Gasteiger partial charge in [-0.15, -0.1) is 0 Å². The molecule has 0 radical (unpaired) electrons. The number of carbonyl (C=O) groups is 1. The molecule has 6 nitrogen and oxygen atoms in total. The molecule has 0 saturated carbocycles. The second kappa shape index (κ2) is 5.24. The van der Waals surface area contributed by atoms with Gasteiger partial charge in [0.05, 0.1) is 5.56 Å². The maximum atomic E-state index is 12.2. The number of rotatable bonds is 3. The summed E-state index contributed by atoms with van der Waals surface area (Å²) in [4.78, 5) is 21.6. The summed E-state index contributed by atoms with van der Waals surface area (Å²) >= 11 is 0. The van der Waals surface area contributed by atoms with E-state index in [9.17, 15) is 4.79 Å². The zero-order valence-corrected chi connectivity index (χ0v) is 9.87. The maximum absolute atomic E-state index is 12.2. The summed E-state index contributed by atoms with van der Waals surface area (Å²) in [6, 6.07) is 6.85. The van der Waals surface area contributed by atoms with E-state index in [2.05, 4.69) is 15.4 Å². The third-order valence-corrected chi connectivity index (χ3v) is 2.51. The number of hydrazine groups is 1. The van der Waals surface area contributed by atoms with Gasteiger partial charge in [-0.1, -0.05) is 0 Å². The molecular formula is C12H13N5O. The van der Waals surface area contributed by atoms with Gasteiger partial charge in [-0.05, 0) is 24.3 Å². The van der Waals surface area contributed by atoms with Gasteiger partial charge in [0.25, 0.3) is 5.91 Å². The predicted octanol–water partition coefficient (Wildman–Crippen LogP) is 1.04. The van der Waals surface area contributed by atoms with Crippen LogP contribution >= 0.6 is 0 Å². The Morgan fingerprint density at radius 1 is 1.28 bits per heavy atom. The monoisotopic (exact) mass is 243 g/mol. The lowest BCUT2D eigenvalue weighted by atomic mass is 10.2. The summed E-state index contributed by atoms with van der Waals surface area (Å²) in [6.07, 6.45) is 4.76. The number of carbonyl (C=O) groups excluding carboxylic acids is 1. The van der Waals surface area contributed by atoms with Crippen molar-refractivity contribution in [3.63, 3.8) is 0 Å². The molecule has 3 N–H and O–H groups in total. The molecule has 2 aromatic rings. The Labute approximate surface area is 104 Å².